The van der Waals surface area contributed by atoms with Gasteiger partial charge in [-0.15, -0.1) is 12.4 Å². The highest BCUT2D eigenvalue weighted by Gasteiger charge is 2.22. The van der Waals surface area contributed by atoms with Gasteiger partial charge in [0.05, 0.1) is 14.2 Å². The molecule has 1 aromatic rings. The second kappa shape index (κ2) is 10.2. The molecule has 2 aliphatic heterocycles. The first kappa shape index (κ1) is 20.3. The quantitative estimate of drug-likeness (QED) is 0.832. The Kier molecular flexibility index (Phi) is 8.30. The minimum atomic E-state index is 0. The van der Waals surface area contributed by atoms with Gasteiger partial charge in [-0.1, -0.05) is 0 Å². The zero-order valence-corrected chi connectivity index (χ0v) is 16.3. The maximum absolute atomic E-state index is 5.51. The van der Waals surface area contributed by atoms with Crippen molar-refractivity contribution in [3.05, 3.63) is 23.8 Å². The second-order valence-corrected chi connectivity index (χ2v) is 6.95. The van der Waals surface area contributed by atoms with Crippen LogP contribution in [0.5, 0.6) is 11.5 Å². The smallest absolute Gasteiger partial charge is 0.123 e. The van der Waals surface area contributed by atoms with Gasteiger partial charge in [0, 0.05) is 44.8 Å². The minimum absolute atomic E-state index is 0. The predicted molar refractivity (Wildman–Crippen MR) is 104 cm³/mol. The van der Waals surface area contributed by atoms with Crippen LogP contribution in [0.1, 0.15) is 18.4 Å². The standard InChI is InChI=1S/C19H31N3O2.ClH/c1-23-18-3-4-19(24-2)17(13-18)15-22-11-9-21(10-12-22)14-16-5-7-20-8-6-16;/h3-4,13,16,20H,5-12,14-15H2,1-2H3;1H. The topological polar surface area (TPSA) is 37.0 Å². The molecule has 2 heterocycles. The number of nitrogens with one attached hydrogen (secondary N) is 1. The first-order valence-electron chi connectivity index (χ1n) is 9.15. The van der Waals surface area contributed by atoms with Gasteiger partial charge >= 0.3 is 0 Å². The van der Waals surface area contributed by atoms with Crippen LogP contribution in [0.3, 0.4) is 0 Å². The van der Waals surface area contributed by atoms with Crippen LogP contribution in [0.25, 0.3) is 0 Å². The Labute approximate surface area is 158 Å². The first-order valence-corrected chi connectivity index (χ1v) is 9.15. The molecule has 0 bridgehead atoms. The summed E-state index contributed by atoms with van der Waals surface area (Å²) in [7, 11) is 3.45. The molecule has 0 atom stereocenters. The Morgan fingerprint density at radius 1 is 1.00 bits per heavy atom. The lowest BCUT2D eigenvalue weighted by Crippen LogP contribution is -2.48. The minimum Gasteiger partial charge on any atom is -0.497 e. The summed E-state index contributed by atoms with van der Waals surface area (Å²) >= 11 is 0. The third kappa shape index (κ3) is 5.74. The summed E-state index contributed by atoms with van der Waals surface area (Å²) in [4.78, 5) is 5.17. The van der Waals surface area contributed by atoms with Crippen molar-refractivity contribution in [1.82, 2.24) is 15.1 Å². The third-order valence-electron chi connectivity index (χ3n) is 5.32. The summed E-state index contributed by atoms with van der Waals surface area (Å²) in [5.41, 5.74) is 1.21. The average molecular weight is 370 g/mol. The number of hydrogen-bond acceptors (Lipinski definition) is 5. The van der Waals surface area contributed by atoms with Crippen molar-refractivity contribution in [2.24, 2.45) is 5.92 Å². The number of ether oxygens (including phenoxy) is 2. The van der Waals surface area contributed by atoms with Gasteiger partial charge in [0.2, 0.25) is 0 Å². The molecule has 25 heavy (non-hydrogen) atoms. The molecule has 0 amide bonds. The fraction of sp³-hybridized carbons (Fsp3) is 0.684. The van der Waals surface area contributed by atoms with E-state index in [0.717, 1.165) is 37.1 Å². The van der Waals surface area contributed by atoms with Crippen molar-refractivity contribution in [2.45, 2.75) is 19.4 Å². The molecule has 0 spiro atoms. The van der Waals surface area contributed by atoms with E-state index >= 15 is 0 Å². The van der Waals surface area contributed by atoms with Crippen molar-refractivity contribution < 1.29 is 9.47 Å². The van der Waals surface area contributed by atoms with Gasteiger partial charge in [0.25, 0.3) is 0 Å². The Bertz CT molecular complexity index is 515. The van der Waals surface area contributed by atoms with Crippen LogP contribution in [-0.4, -0.2) is 69.8 Å². The van der Waals surface area contributed by atoms with E-state index in [1.165, 1.54) is 51.1 Å². The number of nitrogens with zero attached hydrogens (tertiary/aromatic N) is 2. The summed E-state index contributed by atoms with van der Waals surface area (Å²) in [6.45, 7) is 9.21. The normalized spacial score (nSPS) is 20.1. The summed E-state index contributed by atoms with van der Waals surface area (Å²) < 4.78 is 10.9. The molecule has 2 fully saturated rings. The molecule has 0 radical (unpaired) electrons. The van der Waals surface area contributed by atoms with Crippen molar-refractivity contribution >= 4 is 12.4 Å². The third-order valence-corrected chi connectivity index (χ3v) is 5.32. The maximum atomic E-state index is 5.51. The average Bonchev–Trinajstić information content (AvgIpc) is 2.64. The Balaban J connectivity index is 0.00000225. The highest BCUT2D eigenvalue weighted by atomic mass is 35.5. The SMILES string of the molecule is COc1ccc(OC)c(CN2CCN(CC3CCNCC3)CC2)c1.Cl. The molecule has 142 valence electrons. The molecule has 0 unspecified atom stereocenters. The Morgan fingerprint density at radius 3 is 2.32 bits per heavy atom. The van der Waals surface area contributed by atoms with E-state index in [1.54, 1.807) is 14.2 Å². The lowest BCUT2D eigenvalue weighted by atomic mass is 9.97. The largest absolute Gasteiger partial charge is 0.497 e. The molecule has 0 aliphatic carbocycles. The Morgan fingerprint density at radius 2 is 1.68 bits per heavy atom. The molecule has 0 aromatic heterocycles. The van der Waals surface area contributed by atoms with E-state index in [4.69, 9.17) is 9.47 Å². The van der Waals surface area contributed by atoms with Crippen LogP contribution in [0.4, 0.5) is 0 Å². The summed E-state index contributed by atoms with van der Waals surface area (Å²) in [5.74, 6) is 2.74. The van der Waals surface area contributed by atoms with E-state index in [2.05, 4.69) is 21.2 Å². The Hall–Kier alpha value is -1.01. The van der Waals surface area contributed by atoms with Gasteiger partial charge in [0.15, 0.2) is 0 Å². The summed E-state index contributed by atoms with van der Waals surface area (Å²) in [6.07, 6.45) is 2.67. The number of benzene rings is 1. The van der Waals surface area contributed by atoms with E-state index in [0.29, 0.717) is 0 Å². The van der Waals surface area contributed by atoms with E-state index < -0.39 is 0 Å². The molecular formula is C19H32ClN3O2. The molecule has 0 saturated carbocycles. The van der Waals surface area contributed by atoms with E-state index in [1.807, 2.05) is 12.1 Å². The molecule has 1 aromatic carbocycles. The highest BCUT2D eigenvalue weighted by Crippen LogP contribution is 2.25. The van der Waals surface area contributed by atoms with Crippen LogP contribution >= 0.6 is 12.4 Å². The van der Waals surface area contributed by atoms with Gasteiger partial charge < -0.3 is 19.7 Å². The van der Waals surface area contributed by atoms with Crippen LogP contribution in [0.2, 0.25) is 0 Å². The van der Waals surface area contributed by atoms with Crippen LogP contribution in [-0.2, 0) is 6.54 Å². The number of hydrogen-bond donors (Lipinski definition) is 1. The second-order valence-electron chi connectivity index (χ2n) is 6.95. The van der Waals surface area contributed by atoms with E-state index in [-0.39, 0.29) is 12.4 Å². The van der Waals surface area contributed by atoms with Gasteiger partial charge in [-0.25, -0.2) is 0 Å². The summed E-state index contributed by atoms with van der Waals surface area (Å²) in [5, 5.41) is 3.46. The first-order chi connectivity index (χ1) is 11.8. The van der Waals surface area contributed by atoms with Crippen molar-refractivity contribution in [1.29, 1.82) is 0 Å². The molecule has 6 heteroatoms. The molecular weight excluding hydrogens is 338 g/mol. The van der Waals surface area contributed by atoms with Gasteiger partial charge in [-0.05, 0) is 50.0 Å². The number of piperidine rings is 1. The fourth-order valence-electron chi connectivity index (χ4n) is 3.81. The summed E-state index contributed by atoms with van der Waals surface area (Å²) in [6, 6.07) is 6.06. The van der Waals surface area contributed by atoms with Gasteiger partial charge in [0.1, 0.15) is 11.5 Å². The van der Waals surface area contributed by atoms with Crippen molar-refractivity contribution in [3.63, 3.8) is 0 Å². The number of methoxy groups -OCH3 is 2. The maximum Gasteiger partial charge on any atom is 0.123 e. The van der Waals surface area contributed by atoms with Crippen molar-refractivity contribution in [2.75, 3.05) is 60.0 Å². The molecule has 2 saturated heterocycles. The zero-order valence-electron chi connectivity index (χ0n) is 15.5. The number of piperazine rings is 1. The number of halogens is 1. The van der Waals surface area contributed by atoms with Crippen LogP contribution in [0, 0.1) is 5.92 Å². The van der Waals surface area contributed by atoms with E-state index in [9.17, 15) is 0 Å². The van der Waals surface area contributed by atoms with Gasteiger partial charge in [-0.3, -0.25) is 4.90 Å². The van der Waals surface area contributed by atoms with Crippen LogP contribution in [0.15, 0.2) is 18.2 Å². The lowest BCUT2D eigenvalue weighted by Gasteiger charge is -2.37. The zero-order chi connectivity index (χ0) is 16.8. The lowest BCUT2D eigenvalue weighted by molar-refractivity contribution is 0.106. The van der Waals surface area contributed by atoms with Crippen LogP contribution < -0.4 is 14.8 Å². The molecule has 2 aliphatic rings. The fourth-order valence-corrected chi connectivity index (χ4v) is 3.81. The molecule has 3 rings (SSSR count). The molecule has 1 N–H and O–H groups in total. The highest BCUT2D eigenvalue weighted by molar-refractivity contribution is 5.85. The number of rotatable bonds is 6. The van der Waals surface area contributed by atoms with Crippen molar-refractivity contribution in [3.8, 4) is 11.5 Å². The monoisotopic (exact) mass is 369 g/mol. The molecule has 5 nitrogen and oxygen atoms in total. The van der Waals surface area contributed by atoms with Gasteiger partial charge in [-0.2, -0.15) is 0 Å². The predicted octanol–water partition coefficient (Wildman–Crippen LogP) is 2.24.